The van der Waals surface area contributed by atoms with E-state index >= 15 is 0 Å². The Balaban J connectivity index is 1.86. The summed E-state index contributed by atoms with van der Waals surface area (Å²) >= 11 is 0. The SMILES string of the molecule is CC1(C)c2ccccc2-c2ccc(-c3ccccc3C#C[Si](C)(C)C)cc21. The zero-order chi connectivity index (χ0) is 19.2. The fourth-order valence-corrected chi connectivity index (χ4v) is 4.48. The van der Waals surface area contributed by atoms with Gasteiger partial charge in [-0.05, 0) is 45.5 Å². The van der Waals surface area contributed by atoms with Gasteiger partial charge in [0.25, 0.3) is 0 Å². The van der Waals surface area contributed by atoms with Gasteiger partial charge in [0.2, 0.25) is 0 Å². The fourth-order valence-electron chi connectivity index (χ4n) is 3.97. The van der Waals surface area contributed by atoms with Crippen LogP contribution in [0.4, 0.5) is 0 Å². The van der Waals surface area contributed by atoms with Crippen molar-refractivity contribution in [1.82, 2.24) is 0 Å². The Kier molecular flexibility index (Phi) is 4.13. The van der Waals surface area contributed by atoms with E-state index in [9.17, 15) is 0 Å². The molecule has 0 bridgehead atoms. The van der Waals surface area contributed by atoms with E-state index in [4.69, 9.17) is 0 Å². The quantitative estimate of drug-likeness (QED) is 0.325. The molecule has 1 heteroatoms. The van der Waals surface area contributed by atoms with Gasteiger partial charge < -0.3 is 0 Å². The third-order valence-corrected chi connectivity index (χ3v) is 6.27. The van der Waals surface area contributed by atoms with Gasteiger partial charge in [-0.15, -0.1) is 5.54 Å². The van der Waals surface area contributed by atoms with Crippen LogP contribution in [-0.2, 0) is 5.41 Å². The van der Waals surface area contributed by atoms with Crippen molar-refractivity contribution in [3.63, 3.8) is 0 Å². The Morgan fingerprint density at radius 1 is 0.704 bits per heavy atom. The monoisotopic (exact) mass is 366 g/mol. The predicted molar refractivity (Wildman–Crippen MR) is 120 cm³/mol. The maximum atomic E-state index is 3.52. The van der Waals surface area contributed by atoms with Crippen LogP contribution >= 0.6 is 0 Å². The molecular formula is C26H26Si. The molecule has 0 unspecified atom stereocenters. The maximum Gasteiger partial charge on any atom is 0.129 e. The molecule has 0 N–H and O–H groups in total. The molecule has 0 aromatic heterocycles. The van der Waals surface area contributed by atoms with Crippen LogP contribution in [0.15, 0.2) is 66.7 Å². The fraction of sp³-hybridized carbons (Fsp3) is 0.231. The van der Waals surface area contributed by atoms with Crippen LogP contribution in [0, 0.1) is 11.5 Å². The van der Waals surface area contributed by atoms with Crippen LogP contribution in [-0.4, -0.2) is 8.07 Å². The first kappa shape index (κ1) is 17.8. The van der Waals surface area contributed by atoms with E-state index < -0.39 is 8.07 Å². The van der Waals surface area contributed by atoms with Gasteiger partial charge in [0.15, 0.2) is 0 Å². The van der Waals surface area contributed by atoms with Gasteiger partial charge in [-0.3, -0.25) is 0 Å². The van der Waals surface area contributed by atoms with Crippen molar-refractivity contribution < 1.29 is 0 Å². The second-order valence-corrected chi connectivity index (χ2v) is 13.7. The summed E-state index contributed by atoms with van der Waals surface area (Å²) in [7, 11) is -1.41. The van der Waals surface area contributed by atoms with E-state index in [1.54, 1.807) is 0 Å². The smallest absolute Gasteiger partial charge is 0.127 e. The van der Waals surface area contributed by atoms with Gasteiger partial charge >= 0.3 is 0 Å². The number of hydrogen-bond donors (Lipinski definition) is 0. The second kappa shape index (κ2) is 6.25. The Morgan fingerprint density at radius 2 is 1.33 bits per heavy atom. The van der Waals surface area contributed by atoms with Crippen LogP contribution in [0.2, 0.25) is 19.6 Å². The first-order chi connectivity index (χ1) is 12.8. The highest BCUT2D eigenvalue weighted by molar-refractivity contribution is 6.83. The number of rotatable bonds is 1. The second-order valence-electron chi connectivity index (χ2n) is 8.98. The van der Waals surface area contributed by atoms with Gasteiger partial charge in [0.05, 0.1) is 0 Å². The van der Waals surface area contributed by atoms with Crippen LogP contribution in [0.3, 0.4) is 0 Å². The normalized spacial score (nSPS) is 14.1. The van der Waals surface area contributed by atoms with Crippen molar-refractivity contribution >= 4 is 8.07 Å². The lowest BCUT2D eigenvalue weighted by atomic mass is 9.81. The molecule has 0 saturated carbocycles. The largest absolute Gasteiger partial charge is 0.129 e. The highest BCUT2D eigenvalue weighted by Gasteiger charge is 2.35. The molecule has 0 amide bonds. The molecule has 3 aromatic rings. The Morgan fingerprint density at radius 3 is 2.07 bits per heavy atom. The average Bonchev–Trinajstić information content (AvgIpc) is 2.87. The van der Waals surface area contributed by atoms with Crippen molar-refractivity contribution in [3.8, 4) is 33.7 Å². The van der Waals surface area contributed by atoms with E-state index in [0.29, 0.717) is 0 Å². The minimum atomic E-state index is -1.41. The van der Waals surface area contributed by atoms with E-state index in [2.05, 4.69) is 112 Å². The molecule has 0 aliphatic heterocycles. The molecule has 0 fully saturated rings. The highest BCUT2D eigenvalue weighted by Crippen LogP contribution is 2.49. The Labute approximate surface area is 164 Å². The standard InChI is InChI=1S/C26H26Si/c1-26(2)24-13-9-8-12-22(24)23-15-14-20(18-25(23)26)21-11-7-6-10-19(21)16-17-27(3,4)5/h6-15,18H,1-5H3. The molecule has 0 spiro atoms. The summed E-state index contributed by atoms with van der Waals surface area (Å²) in [4.78, 5) is 0. The van der Waals surface area contributed by atoms with E-state index in [1.807, 2.05) is 0 Å². The highest BCUT2D eigenvalue weighted by atomic mass is 28.3. The summed E-state index contributed by atoms with van der Waals surface area (Å²) in [6.45, 7) is 11.5. The molecular weight excluding hydrogens is 340 g/mol. The lowest BCUT2D eigenvalue weighted by Gasteiger charge is -2.22. The van der Waals surface area contributed by atoms with Crippen molar-refractivity contribution in [1.29, 1.82) is 0 Å². The number of hydrogen-bond acceptors (Lipinski definition) is 0. The van der Waals surface area contributed by atoms with Gasteiger partial charge in [-0.2, -0.15) is 0 Å². The third-order valence-electron chi connectivity index (χ3n) is 5.39. The minimum Gasteiger partial charge on any atom is -0.127 e. The topological polar surface area (TPSA) is 0 Å². The Hall–Kier alpha value is -2.56. The lowest BCUT2D eigenvalue weighted by Crippen LogP contribution is -2.16. The first-order valence-electron chi connectivity index (χ1n) is 9.64. The van der Waals surface area contributed by atoms with Gasteiger partial charge in [0.1, 0.15) is 8.07 Å². The van der Waals surface area contributed by atoms with Crippen LogP contribution in [0.1, 0.15) is 30.5 Å². The molecule has 0 heterocycles. The summed E-state index contributed by atoms with van der Waals surface area (Å²) in [5.41, 5.74) is 12.7. The minimum absolute atomic E-state index is 0.0287. The van der Waals surface area contributed by atoms with Crippen LogP contribution < -0.4 is 0 Å². The average molecular weight is 367 g/mol. The van der Waals surface area contributed by atoms with Crippen molar-refractivity contribution in [3.05, 3.63) is 83.4 Å². The van der Waals surface area contributed by atoms with Gasteiger partial charge in [-0.25, -0.2) is 0 Å². The summed E-state index contributed by atoms with van der Waals surface area (Å²) in [5.74, 6) is 3.47. The van der Waals surface area contributed by atoms with Crippen LogP contribution in [0.5, 0.6) is 0 Å². The number of benzene rings is 3. The van der Waals surface area contributed by atoms with Crippen molar-refractivity contribution in [2.45, 2.75) is 38.9 Å². The Bertz CT molecular complexity index is 1080. The first-order valence-corrected chi connectivity index (χ1v) is 13.1. The van der Waals surface area contributed by atoms with E-state index in [-0.39, 0.29) is 5.41 Å². The molecule has 3 aromatic carbocycles. The van der Waals surface area contributed by atoms with E-state index in [1.165, 1.54) is 33.4 Å². The molecule has 27 heavy (non-hydrogen) atoms. The zero-order valence-corrected chi connectivity index (χ0v) is 17.9. The van der Waals surface area contributed by atoms with Crippen LogP contribution in [0.25, 0.3) is 22.3 Å². The molecule has 0 radical (unpaired) electrons. The maximum absolute atomic E-state index is 3.52. The summed E-state index contributed by atoms with van der Waals surface area (Å²) in [6.07, 6.45) is 0. The van der Waals surface area contributed by atoms with Gasteiger partial charge in [0, 0.05) is 11.0 Å². The zero-order valence-electron chi connectivity index (χ0n) is 16.9. The molecule has 134 valence electrons. The molecule has 0 nitrogen and oxygen atoms in total. The number of fused-ring (bicyclic) bond motifs is 3. The molecule has 4 rings (SSSR count). The van der Waals surface area contributed by atoms with Crippen molar-refractivity contribution in [2.24, 2.45) is 0 Å². The van der Waals surface area contributed by atoms with Gasteiger partial charge in [-0.1, -0.05) is 94.0 Å². The summed E-state index contributed by atoms with van der Waals surface area (Å²) in [5, 5.41) is 0. The summed E-state index contributed by atoms with van der Waals surface area (Å²) in [6, 6.07) is 24.3. The molecule has 1 aliphatic carbocycles. The lowest BCUT2D eigenvalue weighted by molar-refractivity contribution is 0.660. The third kappa shape index (κ3) is 3.15. The molecule has 1 aliphatic rings. The summed E-state index contributed by atoms with van der Waals surface area (Å²) < 4.78 is 0. The molecule has 0 atom stereocenters. The van der Waals surface area contributed by atoms with Crippen molar-refractivity contribution in [2.75, 3.05) is 0 Å². The predicted octanol–water partition coefficient (Wildman–Crippen LogP) is 6.89. The molecule has 0 saturated heterocycles. The van der Waals surface area contributed by atoms with E-state index in [0.717, 1.165) is 5.56 Å².